The zero-order chi connectivity index (χ0) is 15.5. The third kappa shape index (κ3) is 3.86. The number of imidazole rings is 1. The summed E-state index contributed by atoms with van der Waals surface area (Å²) in [5.74, 6) is 1.25. The van der Waals surface area contributed by atoms with E-state index in [1.54, 1.807) is 0 Å². The van der Waals surface area contributed by atoms with E-state index in [1.165, 1.54) is 30.2 Å². The summed E-state index contributed by atoms with van der Waals surface area (Å²) in [7, 11) is 0. The van der Waals surface area contributed by atoms with Crippen LogP contribution in [0.1, 0.15) is 58.3 Å². The van der Waals surface area contributed by atoms with Crippen LogP contribution in [0.2, 0.25) is 0 Å². The fraction of sp³-hybridized carbons (Fsp3) is 0.824. The van der Waals surface area contributed by atoms with E-state index in [9.17, 15) is 0 Å². The highest BCUT2D eigenvalue weighted by molar-refractivity contribution is 5.23. The molecule has 0 radical (unpaired) electrons. The molecule has 0 spiro atoms. The van der Waals surface area contributed by atoms with E-state index in [4.69, 9.17) is 4.98 Å². The molecule has 0 saturated carbocycles. The lowest BCUT2D eigenvalue weighted by Gasteiger charge is -2.25. The second kappa shape index (κ2) is 6.93. The third-order valence-electron chi connectivity index (χ3n) is 4.28. The fourth-order valence-electron chi connectivity index (χ4n) is 3.17. The summed E-state index contributed by atoms with van der Waals surface area (Å²) in [6, 6.07) is 0. The van der Waals surface area contributed by atoms with E-state index in [0.717, 1.165) is 39.1 Å². The first-order valence-corrected chi connectivity index (χ1v) is 8.49. The summed E-state index contributed by atoms with van der Waals surface area (Å²) >= 11 is 0. The molecule has 4 nitrogen and oxygen atoms in total. The van der Waals surface area contributed by atoms with Crippen molar-refractivity contribution in [2.45, 2.75) is 66.0 Å². The predicted molar refractivity (Wildman–Crippen MR) is 88.7 cm³/mol. The van der Waals surface area contributed by atoms with Gasteiger partial charge in [-0.15, -0.1) is 0 Å². The molecule has 4 heteroatoms. The van der Waals surface area contributed by atoms with Gasteiger partial charge in [-0.05, 0) is 19.5 Å². The zero-order valence-electron chi connectivity index (χ0n) is 14.5. The molecule has 2 rings (SSSR count). The quantitative estimate of drug-likeness (QED) is 0.875. The molecule has 2 heterocycles. The Hall–Kier alpha value is -0.870. The van der Waals surface area contributed by atoms with E-state index >= 15 is 0 Å². The first-order chi connectivity index (χ1) is 9.97. The highest BCUT2D eigenvalue weighted by Crippen LogP contribution is 2.26. The minimum absolute atomic E-state index is 0.110. The van der Waals surface area contributed by atoms with Crippen LogP contribution >= 0.6 is 0 Å². The van der Waals surface area contributed by atoms with Crippen molar-refractivity contribution in [3.63, 3.8) is 0 Å². The van der Waals surface area contributed by atoms with Crippen LogP contribution in [0.4, 0.5) is 0 Å². The van der Waals surface area contributed by atoms with Crippen molar-refractivity contribution in [1.29, 1.82) is 0 Å². The van der Waals surface area contributed by atoms with Gasteiger partial charge in [-0.25, -0.2) is 4.98 Å². The van der Waals surface area contributed by atoms with Gasteiger partial charge in [0.2, 0.25) is 0 Å². The highest BCUT2D eigenvalue weighted by Gasteiger charge is 2.26. The lowest BCUT2D eigenvalue weighted by atomic mass is 9.95. The van der Waals surface area contributed by atoms with Gasteiger partial charge in [0.15, 0.2) is 0 Å². The van der Waals surface area contributed by atoms with Crippen LogP contribution in [-0.2, 0) is 24.9 Å². The van der Waals surface area contributed by atoms with Crippen molar-refractivity contribution in [1.82, 2.24) is 19.8 Å². The molecule has 21 heavy (non-hydrogen) atoms. The third-order valence-corrected chi connectivity index (χ3v) is 4.28. The normalized spacial score (nSPS) is 15.5. The number of nitrogens with one attached hydrogen (secondary N) is 1. The van der Waals surface area contributed by atoms with Gasteiger partial charge in [0, 0.05) is 43.7 Å². The second-order valence-corrected chi connectivity index (χ2v) is 7.09. The molecule has 0 bridgehead atoms. The number of rotatable bonds is 6. The number of hydrogen-bond donors (Lipinski definition) is 1. The molecule has 0 atom stereocenters. The molecule has 1 aromatic heterocycles. The van der Waals surface area contributed by atoms with Crippen molar-refractivity contribution in [2.24, 2.45) is 0 Å². The summed E-state index contributed by atoms with van der Waals surface area (Å²) in [6.07, 6.45) is 2.34. The fourth-order valence-corrected chi connectivity index (χ4v) is 3.17. The lowest BCUT2D eigenvalue weighted by Crippen LogP contribution is -2.31. The predicted octanol–water partition coefficient (Wildman–Crippen LogP) is 2.56. The summed E-state index contributed by atoms with van der Waals surface area (Å²) in [4.78, 5) is 7.50. The van der Waals surface area contributed by atoms with Crippen molar-refractivity contribution in [2.75, 3.05) is 26.2 Å². The van der Waals surface area contributed by atoms with Gasteiger partial charge in [0.05, 0.1) is 5.69 Å². The smallest absolute Gasteiger partial charge is 0.114 e. The highest BCUT2D eigenvalue weighted by atomic mass is 15.2. The van der Waals surface area contributed by atoms with Gasteiger partial charge in [-0.3, -0.25) is 0 Å². The van der Waals surface area contributed by atoms with Crippen LogP contribution < -0.4 is 5.32 Å². The van der Waals surface area contributed by atoms with Gasteiger partial charge in [0.25, 0.3) is 0 Å². The molecule has 1 aliphatic heterocycles. The van der Waals surface area contributed by atoms with E-state index in [2.05, 4.69) is 49.4 Å². The van der Waals surface area contributed by atoms with Crippen LogP contribution in [0.15, 0.2) is 0 Å². The average molecular weight is 292 g/mol. The molecule has 0 fully saturated rings. The number of fused-ring (bicyclic) bond motifs is 1. The molecule has 0 aliphatic carbocycles. The Morgan fingerprint density at radius 1 is 1.24 bits per heavy atom. The zero-order valence-corrected chi connectivity index (χ0v) is 14.5. The maximum atomic E-state index is 4.95. The largest absolute Gasteiger partial charge is 0.330 e. The Bertz CT molecular complexity index is 456. The Labute approximate surface area is 129 Å². The summed E-state index contributed by atoms with van der Waals surface area (Å²) in [5.41, 5.74) is 2.84. The summed E-state index contributed by atoms with van der Waals surface area (Å²) in [5, 5.41) is 3.44. The Balaban J connectivity index is 2.22. The van der Waals surface area contributed by atoms with Crippen molar-refractivity contribution in [3.05, 3.63) is 17.2 Å². The van der Waals surface area contributed by atoms with Crippen molar-refractivity contribution in [3.8, 4) is 0 Å². The van der Waals surface area contributed by atoms with Crippen LogP contribution in [0, 0.1) is 0 Å². The monoisotopic (exact) mass is 292 g/mol. The summed E-state index contributed by atoms with van der Waals surface area (Å²) < 4.78 is 2.51. The molecule has 0 aromatic carbocycles. The van der Waals surface area contributed by atoms with Gasteiger partial charge in [-0.2, -0.15) is 0 Å². The van der Waals surface area contributed by atoms with Crippen LogP contribution in [0.25, 0.3) is 0 Å². The molecule has 1 aliphatic rings. The molecule has 1 N–H and O–H groups in total. The Morgan fingerprint density at radius 2 is 2.00 bits per heavy atom. The van der Waals surface area contributed by atoms with E-state index < -0.39 is 0 Å². The Kier molecular flexibility index (Phi) is 5.44. The molecular weight excluding hydrogens is 260 g/mol. The maximum absolute atomic E-state index is 4.95. The topological polar surface area (TPSA) is 33.1 Å². The molecular formula is C17H32N4. The van der Waals surface area contributed by atoms with Crippen LogP contribution in [0.3, 0.4) is 0 Å². The number of aromatic nitrogens is 2. The van der Waals surface area contributed by atoms with Crippen LogP contribution in [0.5, 0.6) is 0 Å². The van der Waals surface area contributed by atoms with Crippen molar-refractivity contribution >= 4 is 0 Å². The molecule has 120 valence electrons. The van der Waals surface area contributed by atoms with Gasteiger partial charge in [0.1, 0.15) is 5.82 Å². The number of nitrogens with zero attached hydrogens (tertiary/aromatic N) is 3. The minimum atomic E-state index is 0.110. The van der Waals surface area contributed by atoms with Gasteiger partial charge < -0.3 is 14.8 Å². The lowest BCUT2D eigenvalue weighted by molar-refractivity contribution is 0.271. The molecule has 0 saturated heterocycles. The van der Waals surface area contributed by atoms with E-state index in [0.29, 0.717) is 0 Å². The number of hydrogen-bond acceptors (Lipinski definition) is 3. The van der Waals surface area contributed by atoms with Crippen molar-refractivity contribution < 1.29 is 0 Å². The molecule has 0 unspecified atom stereocenters. The van der Waals surface area contributed by atoms with Gasteiger partial charge in [-0.1, -0.05) is 34.6 Å². The molecule has 0 amide bonds. The Morgan fingerprint density at radius 3 is 2.62 bits per heavy atom. The first kappa shape index (κ1) is 16.5. The maximum Gasteiger partial charge on any atom is 0.114 e. The SMILES string of the molecule is CCCN(CC)CCn1c(C(C)(C)C)nc2c1CCNC2. The van der Waals surface area contributed by atoms with E-state index in [1.807, 2.05) is 0 Å². The van der Waals surface area contributed by atoms with Crippen LogP contribution in [-0.4, -0.2) is 40.6 Å². The summed E-state index contributed by atoms with van der Waals surface area (Å²) in [6.45, 7) is 17.9. The molecule has 1 aromatic rings. The second-order valence-electron chi connectivity index (χ2n) is 7.09. The average Bonchev–Trinajstić information content (AvgIpc) is 2.82. The minimum Gasteiger partial charge on any atom is -0.330 e. The standard InChI is InChI=1S/C17H32N4/c1-6-10-20(7-2)11-12-21-15-8-9-18-13-14(15)19-16(21)17(3,4)5/h18H,6-13H2,1-5H3. The number of likely N-dealkylation sites (N-methyl/N-ethyl adjacent to an activating group) is 1. The van der Waals surface area contributed by atoms with E-state index in [-0.39, 0.29) is 5.41 Å². The first-order valence-electron chi connectivity index (χ1n) is 8.49. The van der Waals surface area contributed by atoms with Gasteiger partial charge >= 0.3 is 0 Å².